The first-order valence-electron chi connectivity index (χ1n) is 7.89. The fourth-order valence-electron chi connectivity index (χ4n) is 2.71. The lowest BCUT2D eigenvalue weighted by Crippen LogP contribution is -2.09. The minimum atomic E-state index is -0.0960. The minimum absolute atomic E-state index is 0.0960. The van der Waals surface area contributed by atoms with Crippen LogP contribution >= 0.6 is 35.3 Å². The van der Waals surface area contributed by atoms with E-state index in [1.807, 2.05) is 48.7 Å². The number of thiophene rings is 1. The monoisotopic (exact) mass is 401 g/mol. The molecule has 0 bridgehead atoms. The fraction of sp³-hybridized carbons (Fsp3) is 0.176. The second-order valence-corrected chi connectivity index (χ2v) is 8.29. The Bertz CT molecular complexity index is 1200. The third-order valence-corrected chi connectivity index (χ3v) is 6.36. The Balaban J connectivity index is 1.66. The van der Waals surface area contributed by atoms with Gasteiger partial charge in [0.05, 0.1) is 11.1 Å². The molecule has 4 rings (SSSR count). The van der Waals surface area contributed by atoms with Gasteiger partial charge in [-0.3, -0.25) is 14.5 Å². The van der Waals surface area contributed by atoms with Gasteiger partial charge in [-0.25, -0.2) is 4.98 Å². The number of thioether (sulfide) groups is 1. The molecular weight excluding hydrogens is 386 g/mol. The number of nitrogens with zero attached hydrogens (tertiary/aromatic N) is 3. The number of rotatable bonds is 4. The van der Waals surface area contributed by atoms with E-state index in [2.05, 4.69) is 20.2 Å². The van der Waals surface area contributed by atoms with Crippen LogP contribution in [0.4, 0.5) is 0 Å². The summed E-state index contributed by atoms with van der Waals surface area (Å²) >= 11 is 8.33. The van der Waals surface area contributed by atoms with Gasteiger partial charge in [0, 0.05) is 10.6 Å². The molecule has 0 fully saturated rings. The normalized spacial score (nSPS) is 11.3. The van der Waals surface area contributed by atoms with Gasteiger partial charge in [-0.1, -0.05) is 30.0 Å². The van der Waals surface area contributed by atoms with Crippen LogP contribution < -0.4 is 5.56 Å². The van der Waals surface area contributed by atoms with Crippen LogP contribution in [0.3, 0.4) is 0 Å². The third kappa shape index (κ3) is 3.02. The Labute approximate surface area is 162 Å². The first-order valence-corrected chi connectivity index (χ1v) is 10.1. The van der Waals surface area contributed by atoms with Crippen molar-refractivity contribution in [1.29, 1.82) is 0 Å². The van der Waals surface area contributed by atoms with Gasteiger partial charge in [0.15, 0.2) is 9.93 Å². The van der Waals surface area contributed by atoms with Crippen molar-refractivity contribution in [3.63, 3.8) is 0 Å². The molecule has 3 heterocycles. The summed E-state index contributed by atoms with van der Waals surface area (Å²) in [5.41, 5.74) is 1.85. The second kappa shape index (κ2) is 6.82. The SMILES string of the molecule is Cc1sc2nc(SCc3n[nH]c(=S)n3-c3ccccc3)[nH]c(=O)c2c1C. The standard InChI is InChI=1S/C17H15N5OS3/c1-9-10(2)26-15-13(9)14(23)18-16(19-15)25-8-12-20-21-17(24)22(12)11-6-4-3-5-7-11/h3-7H,8H2,1-2H3,(H,21,24)(H,18,19,23). The van der Waals surface area contributed by atoms with Gasteiger partial charge >= 0.3 is 0 Å². The summed E-state index contributed by atoms with van der Waals surface area (Å²) in [6.45, 7) is 3.96. The first kappa shape index (κ1) is 17.2. The average molecular weight is 402 g/mol. The lowest BCUT2D eigenvalue weighted by molar-refractivity contribution is 0.935. The molecule has 132 valence electrons. The number of aryl methyl sites for hydroxylation is 2. The van der Waals surface area contributed by atoms with E-state index in [1.54, 1.807) is 11.3 Å². The number of aromatic amines is 2. The number of fused-ring (bicyclic) bond motifs is 1. The quantitative estimate of drug-likeness (QED) is 0.305. The summed E-state index contributed by atoms with van der Waals surface area (Å²) in [6.07, 6.45) is 0. The summed E-state index contributed by atoms with van der Waals surface area (Å²) in [7, 11) is 0. The zero-order chi connectivity index (χ0) is 18.3. The largest absolute Gasteiger partial charge is 0.301 e. The molecule has 0 atom stereocenters. The number of H-pyrrole nitrogens is 2. The van der Waals surface area contributed by atoms with Crippen LogP contribution in [0.15, 0.2) is 40.3 Å². The van der Waals surface area contributed by atoms with Crippen LogP contribution in [0, 0.1) is 18.6 Å². The van der Waals surface area contributed by atoms with E-state index in [1.165, 1.54) is 11.8 Å². The zero-order valence-electron chi connectivity index (χ0n) is 14.1. The van der Waals surface area contributed by atoms with Crippen molar-refractivity contribution >= 4 is 45.5 Å². The molecule has 0 unspecified atom stereocenters. The van der Waals surface area contributed by atoms with Crippen molar-refractivity contribution in [3.05, 3.63) is 61.7 Å². The van der Waals surface area contributed by atoms with Gasteiger partial charge in [0.25, 0.3) is 5.56 Å². The van der Waals surface area contributed by atoms with Gasteiger partial charge in [-0.05, 0) is 43.8 Å². The van der Waals surface area contributed by atoms with Crippen molar-refractivity contribution in [1.82, 2.24) is 24.7 Å². The Hall–Kier alpha value is -2.23. The molecule has 0 amide bonds. The fourth-order valence-corrected chi connectivity index (χ4v) is 4.83. The van der Waals surface area contributed by atoms with Crippen molar-refractivity contribution in [3.8, 4) is 5.69 Å². The van der Waals surface area contributed by atoms with Crippen LogP contribution in [-0.4, -0.2) is 24.7 Å². The molecule has 0 aliphatic heterocycles. The molecule has 0 radical (unpaired) electrons. The highest BCUT2D eigenvalue weighted by atomic mass is 32.2. The lowest BCUT2D eigenvalue weighted by atomic mass is 10.2. The molecule has 0 aliphatic rings. The molecular formula is C17H15N5OS3. The van der Waals surface area contributed by atoms with Crippen LogP contribution in [0.2, 0.25) is 0 Å². The second-order valence-electron chi connectivity index (χ2n) is 5.74. The Morgan fingerprint density at radius 1 is 1.27 bits per heavy atom. The molecule has 1 aromatic carbocycles. The van der Waals surface area contributed by atoms with Crippen LogP contribution in [0.1, 0.15) is 16.3 Å². The van der Waals surface area contributed by atoms with E-state index >= 15 is 0 Å². The maximum atomic E-state index is 12.4. The summed E-state index contributed by atoms with van der Waals surface area (Å²) < 4.78 is 2.42. The van der Waals surface area contributed by atoms with Gasteiger partial charge < -0.3 is 4.98 Å². The number of benzene rings is 1. The number of aromatic nitrogens is 5. The summed E-state index contributed by atoms with van der Waals surface area (Å²) in [5.74, 6) is 1.30. The summed E-state index contributed by atoms with van der Waals surface area (Å²) in [6, 6.07) is 9.81. The average Bonchev–Trinajstić information content (AvgIpc) is 3.14. The van der Waals surface area contributed by atoms with Gasteiger partial charge in [0.1, 0.15) is 10.7 Å². The van der Waals surface area contributed by atoms with Crippen molar-refractivity contribution < 1.29 is 0 Å². The van der Waals surface area contributed by atoms with E-state index in [4.69, 9.17) is 12.2 Å². The van der Waals surface area contributed by atoms with Gasteiger partial charge in [-0.2, -0.15) is 5.10 Å². The van der Waals surface area contributed by atoms with Crippen molar-refractivity contribution in [2.24, 2.45) is 0 Å². The number of hydrogen-bond acceptors (Lipinski definition) is 6. The minimum Gasteiger partial charge on any atom is -0.301 e. The highest BCUT2D eigenvalue weighted by Crippen LogP contribution is 2.28. The van der Waals surface area contributed by atoms with Crippen molar-refractivity contribution in [2.75, 3.05) is 0 Å². The predicted molar refractivity (Wildman–Crippen MR) is 108 cm³/mol. The molecule has 0 saturated carbocycles. The first-order chi connectivity index (χ1) is 12.5. The maximum Gasteiger partial charge on any atom is 0.260 e. The van der Waals surface area contributed by atoms with E-state index in [9.17, 15) is 4.79 Å². The molecule has 2 N–H and O–H groups in total. The Morgan fingerprint density at radius 2 is 2.04 bits per heavy atom. The van der Waals surface area contributed by atoms with Crippen LogP contribution in [0.5, 0.6) is 0 Å². The summed E-state index contributed by atoms with van der Waals surface area (Å²) in [5, 5.41) is 8.42. The summed E-state index contributed by atoms with van der Waals surface area (Å²) in [4.78, 5) is 21.7. The molecule has 0 spiro atoms. The van der Waals surface area contributed by atoms with Gasteiger partial charge in [0.2, 0.25) is 0 Å². The highest BCUT2D eigenvalue weighted by molar-refractivity contribution is 7.98. The molecule has 4 aromatic rings. The molecule has 26 heavy (non-hydrogen) atoms. The third-order valence-electron chi connectivity index (χ3n) is 4.11. The van der Waals surface area contributed by atoms with Gasteiger partial charge in [-0.15, -0.1) is 11.3 Å². The van der Waals surface area contributed by atoms with E-state index in [0.717, 1.165) is 26.8 Å². The molecule has 0 saturated heterocycles. The number of hydrogen-bond donors (Lipinski definition) is 2. The molecule has 6 nitrogen and oxygen atoms in total. The van der Waals surface area contributed by atoms with Crippen molar-refractivity contribution in [2.45, 2.75) is 24.8 Å². The van der Waals surface area contributed by atoms with E-state index in [-0.39, 0.29) is 5.56 Å². The number of nitrogens with one attached hydrogen (secondary N) is 2. The Kier molecular flexibility index (Phi) is 4.51. The Morgan fingerprint density at radius 3 is 2.81 bits per heavy atom. The van der Waals surface area contributed by atoms with Crippen LogP contribution in [0.25, 0.3) is 15.9 Å². The topological polar surface area (TPSA) is 79.4 Å². The maximum absolute atomic E-state index is 12.4. The number of para-hydroxylation sites is 1. The smallest absolute Gasteiger partial charge is 0.260 e. The molecule has 9 heteroatoms. The zero-order valence-corrected chi connectivity index (χ0v) is 16.5. The molecule has 0 aliphatic carbocycles. The van der Waals surface area contributed by atoms with E-state index < -0.39 is 0 Å². The highest BCUT2D eigenvalue weighted by Gasteiger charge is 2.14. The predicted octanol–water partition coefficient (Wildman–Crippen LogP) is 4.14. The lowest BCUT2D eigenvalue weighted by Gasteiger charge is -2.06. The van der Waals surface area contributed by atoms with E-state index in [0.29, 0.717) is 21.1 Å². The van der Waals surface area contributed by atoms with Crippen LogP contribution in [-0.2, 0) is 5.75 Å². The molecule has 3 aromatic heterocycles.